The first-order valence-corrected chi connectivity index (χ1v) is 9.25. The SMILES string of the molecule is O=C(NCCN1CCOCC1)c1coc(CN2C(=O)COc3ccccc32)n1. The van der Waals surface area contributed by atoms with Gasteiger partial charge in [0.15, 0.2) is 12.3 Å². The maximum absolute atomic E-state index is 12.3. The van der Waals surface area contributed by atoms with Crippen molar-refractivity contribution in [3.63, 3.8) is 0 Å². The lowest BCUT2D eigenvalue weighted by atomic mass is 10.2. The number of oxazole rings is 1. The molecule has 1 aromatic carbocycles. The monoisotopic (exact) mass is 386 g/mol. The molecule has 28 heavy (non-hydrogen) atoms. The molecule has 0 aliphatic carbocycles. The van der Waals surface area contributed by atoms with Gasteiger partial charge in [-0.1, -0.05) is 12.1 Å². The molecule has 0 saturated carbocycles. The second-order valence-corrected chi connectivity index (χ2v) is 6.57. The molecule has 1 aromatic heterocycles. The number of ether oxygens (including phenoxy) is 2. The zero-order chi connectivity index (χ0) is 19.3. The van der Waals surface area contributed by atoms with Gasteiger partial charge in [0, 0.05) is 26.2 Å². The Balaban J connectivity index is 1.34. The Morgan fingerprint density at radius 2 is 2.04 bits per heavy atom. The number of amides is 2. The van der Waals surface area contributed by atoms with Gasteiger partial charge in [-0.2, -0.15) is 0 Å². The van der Waals surface area contributed by atoms with E-state index < -0.39 is 0 Å². The highest BCUT2D eigenvalue weighted by atomic mass is 16.5. The minimum atomic E-state index is -0.294. The van der Waals surface area contributed by atoms with E-state index in [1.54, 1.807) is 17.0 Å². The van der Waals surface area contributed by atoms with Gasteiger partial charge in [-0.15, -0.1) is 0 Å². The lowest BCUT2D eigenvalue weighted by Crippen LogP contribution is -2.41. The Kier molecular flexibility index (Phi) is 5.54. The summed E-state index contributed by atoms with van der Waals surface area (Å²) in [4.78, 5) is 32.5. The normalized spacial score (nSPS) is 17.1. The van der Waals surface area contributed by atoms with Crippen molar-refractivity contribution in [2.75, 3.05) is 50.9 Å². The van der Waals surface area contributed by atoms with E-state index in [1.807, 2.05) is 12.1 Å². The van der Waals surface area contributed by atoms with Crippen LogP contribution in [0.2, 0.25) is 0 Å². The third-order valence-corrected chi connectivity index (χ3v) is 4.70. The summed E-state index contributed by atoms with van der Waals surface area (Å²) in [6.07, 6.45) is 1.32. The molecule has 9 heteroatoms. The van der Waals surface area contributed by atoms with Crippen molar-refractivity contribution in [2.24, 2.45) is 0 Å². The Hall–Kier alpha value is -2.91. The Bertz CT molecular complexity index is 846. The number of hydrogen-bond donors (Lipinski definition) is 1. The quantitative estimate of drug-likeness (QED) is 0.779. The van der Waals surface area contributed by atoms with Gasteiger partial charge in [-0.05, 0) is 12.1 Å². The van der Waals surface area contributed by atoms with E-state index in [1.165, 1.54) is 6.26 Å². The zero-order valence-electron chi connectivity index (χ0n) is 15.4. The molecule has 2 aromatic rings. The summed E-state index contributed by atoms with van der Waals surface area (Å²) < 4.78 is 16.1. The first kappa shape index (κ1) is 18.5. The van der Waals surface area contributed by atoms with Crippen molar-refractivity contribution < 1.29 is 23.5 Å². The highest BCUT2D eigenvalue weighted by Crippen LogP contribution is 2.32. The maximum Gasteiger partial charge on any atom is 0.273 e. The van der Waals surface area contributed by atoms with Gasteiger partial charge in [0.25, 0.3) is 11.8 Å². The van der Waals surface area contributed by atoms with Gasteiger partial charge in [0.2, 0.25) is 5.89 Å². The van der Waals surface area contributed by atoms with Crippen LogP contribution in [0.1, 0.15) is 16.4 Å². The number of aromatic nitrogens is 1. The number of para-hydroxylation sites is 2. The second kappa shape index (κ2) is 8.41. The van der Waals surface area contributed by atoms with Crippen LogP contribution in [0, 0.1) is 0 Å². The molecule has 1 fully saturated rings. The van der Waals surface area contributed by atoms with Gasteiger partial charge in [0.1, 0.15) is 18.6 Å². The molecule has 0 spiro atoms. The Morgan fingerprint density at radius 1 is 1.21 bits per heavy atom. The Morgan fingerprint density at radius 3 is 2.89 bits per heavy atom. The number of anilines is 1. The fourth-order valence-corrected chi connectivity index (χ4v) is 3.19. The lowest BCUT2D eigenvalue weighted by Gasteiger charge is -2.28. The van der Waals surface area contributed by atoms with Crippen LogP contribution in [0.25, 0.3) is 0 Å². The van der Waals surface area contributed by atoms with E-state index in [9.17, 15) is 9.59 Å². The van der Waals surface area contributed by atoms with Crippen LogP contribution in [0.4, 0.5) is 5.69 Å². The number of nitrogens with zero attached hydrogens (tertiary/aromatic N) is 3. The molecule has 0 unspecified atom stereocenters. The highest BCUT2D eigenvalue weighted by molar-refractivity contribution is 5.97. The van der Waals surface area contributed by atoms with Gasteiger partial charge in [-0.25, -0.2) is 4.98 Å². The van der Waals surface area contributed by atoms with Gasteiger partial charge >= 0.3 is 0 Å². The standard InChI is InChI=1S/C19H22N4O5/c24-18-13-27-16-4-2-1-3-15(16)23(18)11-17-21-14(12-28-17)19(25)20-5-6-22-7-9-26-10-8-22/h1-4,12H,5-11,13H2,(H,20,25). The molecule has 3 heterocycles. The molecule has 9 nitrogen and oxygen atoms in total. The van der Waals surface area contributed by atoms with Crippen molar-refractivity contribution in [3.8, 4) is 5.75 Å². The van der Waals surface area contributed by atoms with E-state index in [0.717, 1.165) is 32.8 Å². The highest BCUT2D eigenvalue weighted by Gasteiger charge is 2.27. The molecule has 0 radical (unpaired) electrons. The minimum Gasteiger partial charge on any atom is -0.482 e. The number of nitrogens with one attached hydrogen (secondary N) is 1. The van der Waals surface area contributed by atoms with Crippen LogP contribution in [-0.4, -0.2) is 67.7 Å². The number of benzene rings is 1. The van der Waals surface area contributed by atoms with Crippen molar-refractivity contribution in [1.29, 1.82) is 0 Å². The third-order valence-electron chi connectivity index (χ3n) is 4.70. The number of fused-ring (bicyclic) bond motifs is 1. The summed E-state index contributed by atoms with van der Waals surface area (Å²) >= 11 is 0. The maximum atomic E-state index is 12.3. The third kappa shape index (κ3) is 4.15. The average Bonchev–Trinajstić information content (AvgIpc) is 3.20. The summed E-state index contributed by atoms with van der Waals surface area (Å²) in [7, 11) is 0. The summed E-state index contributed by atoms with van der Waals surface area (Å²) in [5.41, 5.74) is 0.861. The van der Waals surface area contributed by atoms with Crippen molar-refractivity contribution in [3.05, 3.63) is 42.1 Å². The summed E-state index contributed by atoms with van der Waals surface area (Å²) in [6.45, 7) is 4.59. The fraction of sp³-hybridized carbons (Fsp3) is 0.421. The molecule has 148 valence electrons. The average molecular weight is 386 g/mol. The molecule has 2 aliphatic heterocycles. The van der Waals surface area contributed by atoms with Gasteiger partial charge in [0.05, 0.1) is 18.9 Å². The smallest absolute Gasteiger partial charge is 0.273 e. The molecular formula is C19H22N4O5. The largest absolute Gasteiger partial charge is 0.482 e. The van der Waals surface area contributed by atoms with Crippen LogP contribution in [-0.2, 0) is 16.1 Å². The van der Waals surface area contributed by atoms with E-state index in [2.05, 4.69) is 15.2 Å². The number of carbonyl (C=O) groups is 2. The number of morpholine rings is 1. The Labute approximate surface area is 162 Å². The first-order valence-electron chi connectivity index (χ1n) is 9.25. The molecule has 1 N–H and O–H groups in total. The van der Waals surface area contributed by atoms with Crippen LogP contribution in [0.3, 0.4) is 0 Å². The summed E-state index contributed by atoms with van der Waals surface area (Å²) in [6, 6.07) is 7.28. The molecule has 1 saturated heterocycles. The number of rotatable bonds is 6. The second-order valence-electron chi connectivity index (χ2n) is 6.57. The predicted molar refractivity (Wildman–Crippen MR) is 99.2 cm³/mol. The van der Waals surface area contributed by atoms with Gasteiger partial charge in [-0.3, -0.25) is 19.4 Å². The minimum absolute atomic E-state index is 0.0351. The molecule has 4 rings (SSSR count). The van der Waals surface area contributed by atoms with Crippen LogP contribution in [0.15, 0.2) is 34.9 Å². The topological polar surface area (TPSA) is 97.1 Å². The molecule has 0 bridgehead atoms. The first-order chi connectivity index (χ1) is 13.7. The van der Waals surface area contributed by atoms with Gasteiger partial charge < -0.3 is 19.2 Å². The van der Waals surface area contributed by atoms with E-state index in [4.69, 9.17) is 13.9 Å². The van der Waals surface area contributed by atoms with Crippen molar-refractivity contribution >= 4 is 17.5 Å². The number of hydrogen-bond acceptors (Lipinski definition) is 7. The van der Waals surface area contributed by atoms with Crippen LogP contribution < -0.4 is 15.0 Å². The molecule has 0 atom stereocenters. The summed E-state index contributed by atoms with van der Waals surface area (Å²) in [5.74, 6) is 0.448. The van der Waals surface area contributed by atoms with Crippen molar-refractivity contribution in [1.82, 2.24) is 15.2 Å². The van der Waals surface area contributed by atoms with Crippen LogP contribution in [0.5, 0.6) is 5.75 Å². The predicted octanol–water partition coefficient (Wildman–Crippen LogP) is 0.662. The lowest BCUT2D eigenvalue weighted by molar-refractivity contribution is -0.121. The van der Waals surface area contributed by atoms with Crippen LogP contribution >= 0.6 is 0 Å². The number of carbonyl (C=O) groups excluding carboxylic acids is 2. The van der Waals surface area contributed by atoms with E-state index in [-0.39, 0.29) is 30.7 Å². The molecular weight excluding hydrogens is 364 g/mol. The van der Waals surface area contributed by atoms with E-state index in [0.29, 0.717) is 23.9 Å². The van der Waals surface area contributed by atoms with Crippen molar-refractivity contribution in [2.45, 2.75) is 6.54 Å². The zero-order valence-corrected chi connectivity index (χ0v) is 15.4. The summed E-state index contributed by atoms with van der Waals surface area (Å²) in [5, 5.41) is 2.84. The van der Waals surface area contributed by atoms with E-state index >= 15 is 0 Å². The fourth-order valence-electron chi connectivity index (χ4n) is 3.19. The molecule has 2 aliphatic rings. The molecule has 2 amide bonds.